The van der Waals surface area contributed by atoms with E-state index in [1.807, 2.05) is 0 Å². The molecule has 0 spiro atoms. The van der Waals surface area contributed by atoms with Crippen molar-refractivity contribution in [2.75, 3.05) is 5.32 Å². The summed E-state index contributed by atoms with van der Waals surface area (Å²) in [6.07, 6.45) is 1.47. The topological polar surface area (TPSA) is 79.6 Å². The average Bonchev–Trinajstić information content (AvgIpc) is 3.27. The largest absolute Gasteiger partial charge is 0.467 e. The lowest BCUT2D eigenvalue weighted by atomic mass is 10.1. The number of fused-ring (bicyclic) bond motifs is 1. The number of nitrogens with one attached hydrogen (secondary N) is 1. The Morgan fingerprint density at radius 1 is 1.00 bits per heavy atom. The molecule has 1 N–H and O–H groups in total. The summed E-state index contributed by atoms with van der Waals surface area (Å²) in [6, 6.07) is 12.4. The van der Waals surface area contributed by atoms with Gasteiger partial charge in [-0.25, -0.2) is 0 Å². The van der Waals surface area contributed by atoms with E-state index in [2.05, 4.69) is 5.32 Å². The number of hydrogen-bond acceptors (Lipinski definition) is 4. The molecule has 0 bridgehead atoms. The summed E-state index contributed by atoms with van der Waals surface area (Å²) in [5.74, 6) is -0.874. The quantitative estimate of drug-likeness (QED) is 0.630. The highest BCUT2D eigenvalue weighted by molar-refractivity contribution is 6.36. The number of nitrogens with zero attached hydrogens (tertiary/aromatic N) is 1. The molecule has 1 aliphatic rings. The highest BCUT2D eigenvalue weighted by Gasteiger charge is 2.36. The number of benzene rings is 2. The highest BCUT2D eigenvalue weighted by Crippen LogP contribution is 2.28. The zero-order valence-electron chi connectivity index (χ0n) is 14.2. The van der Waals surface area contributed by atoms with Crippen molar-refractivity contribution in [2.24, 2.45) is 0 Å². The molecule has 4 rings (SSSR count). The zero-order chi connectivity index (χ0) is 19.8. The molecule has 2 heterocycles. The van der Waals surface area contributed by atoms with E-state index in [-0.39, 0.29) is 28.3 Å². The van der Waals surface area contributed by atoms with E-state index in [0.29, 0.717) is 16.5 Å². The summed E-state index contributed by atoms with van der Waals surface area (Å²) >= 11 is 11.9. The smallest absolute Gasteiger partial charge is 0.261 e. The van der Waals surface area contributed by atoms with Crippen LogP contribution in [0.2, 0.25) is 10.0 Å². The average molecular weight is 415 g/mol. The summed E-state index contributed by atoms with van der Waals surface area (Å²) in [6.45, 7) is 0.0290. The third-order valence-electron chi connectivity index (χ3n) is 4.31. The van der Waals surface area contributed by atoms with E-state index >= 15 is 0 Å². The van der Waals surface area contributed by atoms with E-state index in [1.54, 1.807) is 24.3 Å². The van der Waals surface area contributed by atoms with Crippen LogP contribution in [0.3, 0.4) is 0 Å². The fraction of sp³-hybridized carbons (Fsp3) is 0.0500. The van der Waals surface area contributed by atoms with Crippen molar-refractivity contribution < 1.29 is 18.8 Å². The molecule has 140 valence electrons. The molecule has 0 radical (unpaired) electrons. The maximum absolute atomic E-state index is 12.7. The molecule has 0 saturated carbocycles. The van der Waals surface area contributed by atoms with Crippen LogP contribution in [0.25, 0.3) is 0 Å². The Bertz CT molecular complexity index is 1110. The van der Waals surface area contributed by atoms with Crippen molar-refractivity contribution >= 4 is 46.6 Å². The summed E-state index contributed by atoms with van der Waals surface area (Å²) in [4.78, 5) is 38.8. The van der Waals surface area contributed by atoms with Gasteiger partial charge in [-0.1, -0.05) is 23.2 Å². The number of imide groups is 1. The Labute approximate surface area is 169 Å². The number of amides is 3. The minimum absolute atomic E-state index is 0.0290. The second-order valence-electron chi connectivity index (χ2n) is 6.11. The van der Waals surface area contributed by atoms with Crippen molar-refractivity contribution in [3.8, 4) is 0 Å². The molecule has 0 saturated heterocycles. The Hall–Kier alpha value is -3.09. The van der Waals surface area contributed by atoms with E-state index < -0.39 is 17.7 Å². The first-order chi connectivity index (χ1) is 13.4. The van der Waals surface area contributed by atoms with Crippen molar-refractivity contribution in [3.05, 3.63) is 87.3 Å². The van der Waals surface area contributed by atoms with Crippen LogP contribution < -0.4 is 5.32 Å². The summed E-state index contributed by atoms with van der Waals surface area (Å²) in [5.41, 5.74) is 1.04. The monoisotopic (exact) mass is 414 g/mol. The standard InChI is InChI=1S/C20H12Cl2N2O4/c21-12-4-6-17(16(22)9-12)23-18(25)11-3-5-14-15(8-11)20(27)24(19(14)26)10-13-2-1-7-28-13/h1-9H,10H2,(H,23,25). The fourth-order valence-corrected chi connectivity index (χ4v) is 3.38. The Balaban J connectivity index is 1.58. The number of hydrogen-bond donors (Lipinski definition) is 1. The predicted octanol–water partition coefficient (Wildman–Crippen LogP) is 4.63. The van der Waals surface area contributed by atoms with Crippen LogP contribution >= 0.6 is 23.2 Å². The van der Waals surface area contributed by atoms with Gasteiger partial charge in [-0.05, 0) is 48.5 Å². The van der Waals surface area contributed by atoms with Crippen molar-refractivity contribution in [1.29, 1.82) is 0 Å². The fourth-order valence-electron chi connectivity index (χ4n) is 2.92. The molecule has 0 aliphatic carbocycles. The number of halogens is 2. The van der Waals surface area contributed by atoms with Crippen LogP contribution in [0.4, 0.5) is 5.69 Å². The van der Waals surface area contributed by atoms with Crippen LogP contribution in [0, 0.1) is 0 Å². The highest BCUT2D eigenvalue weighted by atomic mass is 35.5. The maximum Gasteiger partial charge on any atom is 0.261 e. The second kappa shape index (κ2) is 7.14. The molecule has 2 aromatic carbocycles. The van der Waals surface area contributed by atoms with Crippen LogP contribution in [0.1, 0.15) is 36.8 Å². The minimum Gasteiger partial charge on any atom is -0.467 e. The molecule has 3 amide bonds. The predicted molar refractivity (Wildman–Crippen MR) is 104 cm³/mol. The first kappa shape index (κ1) is 18.3. The molecule has 1 aromatic heterocycles. The molecule has 0 atom stereocenters. The SMILES string of the molecule is O=C(Nc1ccc(Cl)cc1Cl)c1ccc2c(c1)C(=O)N(Cc1ccco1)C2=O. The van der Waals surface area contributed by atoms with Gasteiger partial charge in [0.15, 0.2) is 0 Å². The number of rotatable bonds is 4. The van der Waals surface area contributed by atoms with Crippen LogP contribution in [-0.4, -0.2) is 22.6 Å². The maximum atomic E-state index is 12.7. The molecule has 0 fully saturated rings. The van der Waals surface area contributed by atoms with Gasteiger partial charge < -0.3 is 9.73 Å². The molecule has 8 heteroatoms. The second-order valence-corrected chi connectivity index (χ2v) is 6.96. The van der Waals surface area contributed by atoms with Gasteiger partial charge in [-0.15, -0.1) is 0 Å². The van der Waals surface area contributed by atoms with Gasteiger partial charge in [0.1, 0.15) is 5.76 Å². The summed E-state index contributed by atoms with van der Waals surface area (Å²) < 4.78 is 5.21. The van der Waals surface area contributed by atoms with Gasteiger partial charge in [-0.3, -0.25) is 19.3 Å². The van der Waals surface area contributed by atoms with Gasteiger partial charge in [0, 0.05) is 10.6 Å². The summed E-state index contributed by atoms with van der Waals surface area (Å²) in [7, 11) is 0. The molecule has 1 aliphatic heterocycles. The van der Waals surface area contributed by atoms with Crippen LogP contribution in [-0.2, 0) is 6.54 Å². The Kier molecular flexibility index (Phi) is 4.66. The number of carbonyl (C=O) groups excluding carboxylic acids is 3. The lowest BCUT2D eigenvalue weighted by Gasteiger charge is -2.11. The third kappa shape index (κ3) is 3.28. The normalized spacial score (nSPS) is 13.0. The lowest BCUT2D eigenvalue weighted by Crippen LogP contribution is -2.28. The zero-order valence-corrected chi connectivity index (χ0v) is 15.8. The van der Waals surface area contributed by atoms with E-state index in [9.17, 15) is 14.4 Å². The number of furan rings is 1. The minimum atomic E-state index is -0.476. The van der Waals surface area contributed by atoms with E-state index in [4.69, 9.17) is 27.6 Å². The molecular weight excluding hydrogens is 403 g/mol. The first-order valence-electron chi connectivity index (χ1n) is 8.23. The number of carbonyl (C=O) groups is 3. The van der Waals surface area contributed by atoms with Crippen molar-refractivity contribution in [1.82, 2.24) is 4.90 Å². The van der Waals surface area contributed by atoms with Gasteiger partial charge in [0.05, 0.1) is 34.6 Å². The lowest BCUT2D eigenvalue weighted by molar-refractivity contribution is 0.0631. The van der Waals surface area contributed by atoms with Gasteiger partial charge in [-0.2, -0.15) is 0 Å². The van der Waals surface area contributed by atoms with Gasteiger partial charge in [0.2, 0.25) is 0 Å². The van der Waals surface area contributed by atoms with Crippen molar-refractivity contribution in [3.63, 3.8) is 0 Å². The van der Waals surface area contributed by atoms with Crippen LogP contribution in [0.5, 0.6) is 0 Å². The van der Waals surface area contributed by atoms with Gasteiger partial charge >= 0.3 is 0 Å². The van der Waals surface area contributed by atoms with E-state index in [1.165, 1.54) is 30.5 Å². The Morgan fingerprint density at radius 2 is 1.79 bits per heavy atom. The third-order valence-corrected chi connectivity index (χ3v) is 4.85. The Morgan fingerprint density at radius 3 is 2.50 bits per heavy atom. The molecule has 0 unspecified atom stereocenters. The first-order valence-corrected chi connectivity index (χ1v) is 8.98. The molecule has 3 aromatic rings. The van der Waals surface area contributed by atoms with Gasteiger partial charge in [0.25, 0.3) is 17.7 Å². The summed E-state index contributed by atoms with van der Waals surface area (Å²) in [5, 5.41) is 3.40. The number of anilines is 1. The molecule has 6 nitrogen and oxygen atoms in total. The molecular formula is C20H12Cl2N2O4. The van der Waals surface area contributed by atoms with E-state index in [0.717, 1.165) is 4.90 Å². The van der Waals surface area contributed by atoms with Crippen molar-refractivity contribution in [2.45, 2.75) is 6.54 Å². The molecule has 28 heavy (non-hydrogen) atoms. The van der Waals surface area contributed by atoms with Crippen LogP contribution in [0.15, 0.2) is 59.2 Å².